The van der Waals surface area contributed by atoms with Crippen LogP contribution in [-0.2, 0) is 11.2 Å². The topological polar surface area (TPSA) is 98.4 Å². The molecule has 0 saturated heterocycles. The molecule has 174 valence electrons. The third-order valence-corrected chi connectivity index (χ3v) is 5.48. The number of ether oxygens (including phenoxy) is 3. The number of pyridine rings is 2. The zero-order chi connectivity index (χ0) is 23.8. The molecule has 4 heterocycles. The number of H-pyrrole nitrogens is 1. The van der Waals surface area contributed by atoms with Crippen LogP contribution in [-0.4, -0.2) is 40.7 Å². The van der Waals surface area contributed by atoms with Gasteiger partial charge in [-0.05, 0) is 38.1 Å². The Balaban J connectivity index is 1.72. The highest BCUT2D eigenvalue weighted by atomic mass is 19.1. The van der Waals surface area contributed by atoms with E-state index in [1.807, 2.05) is 26.0 Å². The molecule has 2 N–H and O–H groups in total. The molecule has 0 bridgehead atoms. The molecular weight excluding hydrogens is 439 g/mol. The van der Waals surface area contributed by atoms with E-state index in [0.29, 0.717) is 51.5 Å². The van der Waals surface area contributed by atoms with E-state index in [9.17, 15) is 9.18 Å². The highest BCUT2D eigenvalue weighted by molar-refractivity contribution is 6.06. The number of esters is 1. The first-order chi connectivity index (χ1) is 16.5. The van der Waals surface area contributed by atoms with Gasteiger partial charge in [-0.15, -0.1) is 0 Å². The number of carbonyl (C=O) groups is 1. The monoisotopic (exact) mass is 462 g/mol. The van der Waals surface area contributed by atoms with Crippen molar-refractivity contribution in [2.24, 2.45) is 0 Å². The van der Waals surface area contributed by atoms with E-state index >= 15 is 0 Å². The quantitative estimate of drug-likeness (QED) is 0.388. The van der Waals surface area contributed by atoms with Gasteiger partial charge < -0.3 is 24.5 Å². The van der Waals surface area contributed by atoms with Gasteiger partial charge in [-0.25, -0.2) is 14.2 Å². The van der Waals surface area contributed by atoms with Crippen molar-refractivity contribution in [2.45, 2.75) is 26.4 Å². The molecule has 34 heavy (non-hydrogen) atoms. The summed E-state index contributed by atoms with van der Waals surface area (Å²) in [5, 5.41) is 3.20. The third kappa shape index (κ3) is 3.79. The van der Waals surface area contributed by atoms with Gasteiger partial charge in [0.25, 0.3) is 0 Å². The number of carbonyl (C=O) groups excluding carboxylic acids is 1. The number of aromatic nitrogens is 3. The van der Waals surface area contributed by atoms with Crippen LogP contribution in [0.1, 0.15) is 29.9 Å². The molecule has 0 unspecified atom stereocenters. The second-order valence-corrected chi connectivity index (χ2v) is 8.10. The number of hydrogen-bond donors (Lipinski definition) is 2. The van der Waals surface area contributed by atoms with Crippen LogP contribution < -0.4 is 14.8 Å². The van der Waals surface area contributed by atoms with Gasteiger partial charge in [-0.2, -0.15) is 0 Å². The van der Waals surface area contributed by atoms with E-state index in [4.69, 9.17) is 14.2 Å². The van der Waals surface area contributed by atoms with Gasteiger partial charge in [0.1, 0.15) is 11.1 Å². The smallest absolute Gasteiger partial charge is 0.342 e. The molecule has 0 fully saturated rings. The minimum atomic E-state index is -0.521. The van der Waals surface area contributed by atoms with E-state index in [-0.39, 0.29) is 18.5 Å². The maximum absolute atomic E-state index is 14.4. The molecule has 4 aromatic rings. The van der Waals surface area contributed by atoms with Crippen molar-refractivity contribution in [3.05, 3.63) is 59.7 Å². The molecule has 0 saturated carbocycles. The summed E-state index contributed by atoms with van der Waals surface area (Å²) in [6, 6.07) is 9.97. The van der Waals surface area contributed by atoms with Crippen molar-refractivity contribution >= 4 is 28.4 Å². The number of anilines is 2. The second-order valence-electron chi connectivity index (χ2n) is 8.10. The number of rotatable bonds is 6. The summed E-state index contributed by atoms with van der Waals surface area (Å²) in [6.07, 6.45) is 2.15. The molecular formula is C25H23FN4O4. The van der Waals surface area contributed by atoms with Crippen LogP contribution in [0.3, 0.4) is 0 Å². The van der Waals surface area contributed by atoms with Crippen LogP contribution in [0, 0.1) is 5.82 Å². The van der Waals surface area contributed by atoms with Crippen LogP contribution >= 0.6 is 0 Å². The first-order valence-electron chi connectivity index (χ1n) is 10.9. The van der Waals surface area contributed by atoms with E-state index in [1.165, 1.54) is 13.2 Å². The van der Waals surface area contributed by atoms with Crippen molar-refractivity contribution in [3.63, 3.8) is 0 Å². The third-order valence-electron chi connectivity index (χ3n) is 5.48. The van der Waals surface area contributed by atoms with E-state index in [1.54, 1.807) is 24.4 Å². The minimum Gasteiger partial charge on any atom is -0.492 e. The lowest BCUT2D eigenvalue weighted by Crippen LogP contribution is -2.17. The van der Waals surface area contributed by atoms with E-state index < -0.39 is 11.8 Å². The normalized spacial score (nSPS) is 13.0. The van der Waals surface area contributed by atoms with Gasteiger partial charge in [-0.1, -0.05) is 6.07 Å². The number of cyclic esters (lactones) is 1. The second kappa shape index (κ2) is 8.66. The first kappa shape index (κ1) is 21.7. The fraction of sp³-hybridized carbons (Fsp3) is 0.240. The molecule has 8 nitrogen and oxygen atoms in total. The molecule has 1 aliphatic rings. The van der Waals surface area contributed by atoms with E-state index in [2.05, 4.69) is 20.3 Å². The largest absolute Gasteiger partial charge is 0.492 e. The number of hydrogen-bond acceptors (Lipinski definition) is 7. The Morgan fingerprint density at radius 1 is 1.21 bits per heavy atom. The SMILES string of the molecule is COc1c(F)cccc1Nc1c(-c2ccnc3ccc(OC(C)C)nc23)[nH]c2c1C(=O)OCC2. The number of aromatic amines is 1. The van der Waals surface area contributed by atoms with Crippen LogP contribution in [0.15, 0.2) is 42.6 Å². The summed E-state index contributed by atoms with van der Waals surface area (Å²) in [4.78, 5) is 25.2. The summed E-state index contributed by atoms with van der Waals surface area (Å²) in [5.41, 5.74) is 4.50. The van der Waals surface area contributed by atoms with Crippen molar-refractivity contribution in [2.75, 3.05) is 19.0 Å². The predicted octanol–water partition coefficient (Wildman–Crippen LogP) is 5.02. The summed E-state index contributed by atoms with van der Waals surface area (Å²) < 4.78 is 30.7. The first-order valence-corrected chi connectivity index (χ1v) is 10.9. The number of nitrogens with zero attached hydrogens (tertiary/aromatic N) is 2. The molecule has 9 heteroatoms. The van der Waals surface area contributed by atoms with Gasteiger partial charge in [-0.3, -0.25) is 4.98 Å². The van der Waals surface area contributed by atoms with Crippen LogP contribution in [0.4, 0.5) is 15.8 Å². The Hall–Kier alpha value is -4.14. The van der Waals surface area contributed by atoms with Gasteiger partial charge in [0, 0.05) is 29.9 Å². The molecule has 5 rings (SSSR count). The van der Waals surface area contributed by atoms with Crippen molar-refractivity contribution < 1.29 is 23.4 Å². The Bertz CT molecular complexity index is 1400. The molecule has 0 atom stereocenters. The summed E-state index contributed by atoms with van der Waals surface area (Å²) in [6.45, 7) is 4.13. The maximum Gasteiger partial charge on any atom is 0.342 e. The molecule has 0 radical (unpaired) electrons. The number of nitrogens with one attached hydrogen (secondary N) is 2. The standard InChI is InChI=1S/C25H23FN4O4/c1-13(2)34-19-8-7-17-21(30-19)14(9-11-27-17)22-23(20-16(28-22)10-12-33-25(20)31)29-18-6-4-5-15(26)24(18)32-3/h4-9,11,13,28-29H,10,12H2,1-3H3. The van der Waals surface area contributed by atoms with Gasteiger partial charge >= 0.3 is 5.97 Å². The van der Waals surface area contributed by atoms with Crippen LogP contribution in [0.25, 0.3) is 22.3 Å². The van der Waals surface area contributed by atoms with Gasteiger partial charge in [0.05, 0.1) is 42.4 Å². The number of methoxy groups -OCH3 is 1. The lowest BCUT2D eigenvalue weighted by Gasteiger charge is -2.16. The Morgan fingerprint density at radius 3 is 2.85 bits per heavy atom. The Kier molecular flexibility index (Phi) is 5.53. The molecule has 1 aliphatic heterocycles. The van der Waals surface area contributed by atoms with E-state index in [0.717, 1.165) is 5.69 Å². The predicted molar refractivity (Wildman–Crippen MR) is 125 cm³/mol. The van der Waals surface area contributed by atoms with Crippen LogP contribution in [0.2, 0.25) is 0 Å². The zero-order valence-electron chi connectivity index (χ0n) is 18.9. The summed E-state index contributed by atoms with van der Waals surface area (Å²) in [7, 11) is 1.39. The average Bonchev–Trinajstić information content (AvgIpc) is 3.18. The fourth-order valence-corrected chi connectivity index (χ4v) is 4.08. The zero-order valence-corrected chi connectivity index (χ0v) is 18.9. The molecule has 0 spiro atoms. The van der Waals surface area contributed by atoms with Crippen molar-refractivity contribution in [3.8, 4) is 22.9 Å². The molecule has 3 aromatic heterocycles. The Morgan fingerprint density at radius 2 is 2.06 bits per heavy atom. The Labute approximate surface area is 195 Å². The fourth-order valence-electron chi connectivity index (χ4n) is 4.08. The lowest BCUT2D eigenvalue weighted by atomic mass is 10.1. The number of fused-ring (bicyclic) bond motifs is 2. The van der Waals surface area contributed by atoms with Gasteiger partial charge in [0.15, 0.2) is 11.6 Å². The number of halogens is 1. The van der Waals surface area contributed by atoms with Crippen molar-refractivity contribution in [1.29, 1.82) is 0 Å². The average molecular weight is 462 g/mol. The van der Waals surface area contributed by atoms with Gasteiger partial charge in [0.2, 0.25) is 5.88 Å². The lowest BCUT2D eigenvalue weighted by molar-refractivity contribution is 0.0480. The summed E-state index contributed by atoms with van der Waals surface area (Å²) >= 11 is 0. The molecule has 1 aromatic carbocycles. The maximum atomic E-state index is 14.4. The number of benzene rings is 1. The summed E-state index contributed by atoms with van der Waals surface area (Å²) in [5.74, 6) is -0.476. The number of para-hydroxylation sites is 1. The molecule has 0 amide bonds. The highest BCUT2D eigenvalue weighted by Gasteiger charge is 2.30. The van der Waals surface area contributed by atoms with Crippen molar-refractivity contribution in [1.82, 2.24) is 15.0 Å². The minimum absolute atomic E-state index is 0.0397. The molecule has 0 aliphatic carbocycles. The highest BCUT2D eigenvalue weighted by Crippen LogP contribution is 2.41. The van der Waals surface area contributed by atoms with Crippen LogP contribution in [0.5, 0.6) is 11.6 Å².